The monoisotopic (exact) mass is 273 g/mol. The molecule has 1 N–H and O–H groups in total. The average molecular weight is 273 g/mol. The van der Waals surface area contributed by atoms with Gasteiger partial charge in [-0.1, -0.05) is 6.07 Å². The number of aromatic nitrogens is 2. The number of hydrogen-bond donors (Lipinski definition) is 1. The Labute approximate surface area is 117 Å². The Balaban J connectivity index is 1.78. The molecule has 1 saturated heterocycles. The number of aryl methyl sites for hydroxylation is 1. The van der Waals surface area contributed by atoms with Crippen molar-refractivity contribution < 1.29 is 9.90 Å². The number of aliphatic carboxylic acids is 1. The van der Waals surface area contributed by atoms with E-state index in [0.717, 1.165) is 24.3 Å². The van der Waals surface area contributed by atoms with Crippen LogP contribution in [0, 0.1) is 12.8 Å². The summed E-state index contributed by atoms with van der Waals surface area (Å²) in [5.74, 6) is -0.945. The van der Waals surface area contributed by atoms with Gasteiger partial charge in [-0.05, 0) is 38.4 Å². The van der Waals surface area contributed by atoms with Crippen molar-refractivity contribution in [3.05, 3.63) is 35.8 Å². The third kappa shape index (κ3) is 2.29. The minimum atomic E-state index is -0.689. The van der Waals surface area contributed by atoms with Crippen molar-refractivity contribution in [2.75, 3.05) is 6.54 Å². The van der Waals surface area contributed by atoms with E-state index >= 15 is 0 Å². The lowest BCUT2D eigenvalue weighted by molar-refractivity contribution is -0.142. The number of imidazole rings is 1. The van der Waals surface area contributed by atoms with Crippen LogP contribution in [0.15, 0.2) is 24.5 Å². The van der Waals surface area contributed by atoms with Gasteiger partial charge in [0, 0.05) is 25.0 Å². The standard InChI is InChI=1S/C15H19N3O2/c1-10-3-4-14-16-12(9-18(14)7-10)8-17-6-5-13(11(17)2)15(19)20/h3-4,7,9,11,13H,5-6,8H2,1-2H3,(H,19,20). The summed E-state index contributed by atoms with van der Waals surface area (Å²) < 4.78 is 2.03. The van der Waals surface area contributed by atoms with Gasteiger partial charge in [0.2, 0.25) is 0 Å². The minimum Gasteiger partial charge on any atom is -0.481 e. The number of hydrogen-bond acceptors (Lipinski definition) is 3. The molecule has 3 heterocycles. The number of likely N-dealkylation sites (tertiary alicyclic amines) is 1. The van der Waals surface area contributed by atoms with Gasteiger partial charge in [0.05, 0.1) is 11.6 Å². The van der Waals surface area contributed by atoms with Crippen molar-refractivity contribution >= 4 is 11.6 Å². The van der Waals surface area contributed by atoms with Crippen LogP contribution >= 0.6 is 0 Å². The Bertz CT molecular complexity index is 650. The van der Waals surface area contributed by atoms with Crippen LogP contribution in [0.1, 0.15) is 24.6 Å². The smallest absolute Gasteiger partial charge is 0.308 e. The van der Waals surface area contributed by atoms with Crippen LogP contribution in [0.5, 0.6) is 0 Å². The molecule has 0 aromatic carbocycles. The Morgan fingerprint density at radius 1 is 1.45 bits per heavy atom. The fourth-order valence-electron chi connectivity index (χ4n) is 3.00. The number of carboxylic acids is 1. The van der Waals surface area contributed by atoms with Gasteiger partial charge in [-0.2, -0.15) is 0 Å². The summed E-state index contributed by atoms with van der Waals surface area (Å²) in [6, 6.07) is 4.12. The van der Waals surface area contributed by atoms with Gasteiger partial charge in [-0.15, -0.1) is 0 Å². The number of carbonyl (C=O) groups is 1. The second kappa shape index (κ2) is 4.90. The predicted molar refractivity (Wildman–Crippen MR) is 75.5 cm³/mol. The second-order valence-corrected chi connectivity index (χ2v) is 5.65. The molecule has 2 unspecified atom stereocenters. The fourth-order valence-corrected chi connectivity index (χ4v) is 3.00. The lowest BCUT2D eigenvalue weighted by Gasteiger charge is -2.21. The normalized spacial score (nSPS) is 23.5. The lowest BCUT2D eigenvalue weighted by Crippen LogP contribution is -2.32. The predicted octanol–water partition coefficient (Wildman–Crippen LogP) is 1.94. The van der Waals surface area contributed by atoms with Crippen LogP contribution in [0.2, 0.25) is 0 Å². The quantitative estimate of drug-likeness (QED) is 0.928. The number of carboxylic acid groups (broad SMARTS) is 1. The van der Waals surface area contributed by atoms with E-state index in [1.54, 1.807) is 0 Å². The molecule has 0 radical (unpaired) electrons. The molecule has 0 amide bonds. The van der Waals surface area contributed by atoms with E-state index in [1.165, 1.54) is 5.56 Å². The van der Waals surface area contributed by atoms with E-state index in [0.29, 0.717) is 6.54 Å². The van der Waals surface area contributed by atoms with Crippen LogP contribution in [0.25, 0.3) is 5.65 Å². The molecular formula is C15H19N3O2. The Morgan fingerprint density at radius 3 is 2.95 bits per heavy atom. The van der Waals surface area contributed by atoms with Crippen LogP contribution in [0.4, 0.5) is 0 Å². The van der Waals surface area contributed by atoms with Gasteiger partial charge < -0.3 is 9.51 Å². The SMILES string of the molecule is Cc1ccc2nc(CN3CCC(C(=O)O)C3C)cn2c1. The number of fused-ring (bicyclic) bond motifs is 1. The van der Waals surface area contributed by atoms with Crippen molar-refractivity contribution in [1.82, 2.24) is 14.3 Å². The van der Waals surface area contributed by atoms with Crippen molar-refractivity contribution in [2.45, 2.75) is 32.9 Å². The highest BCUT2D eigenvalue weighted by molar-refractivity contribution is 5.71. The van der Waals surface area contributed by atoms with Crippen LogP contribution < -0.4 is 0 Å². The zero-order valence-electron chi connectivity index (χ0n) is 11.8. The molecule has 0 saturated carbocycles. The van der Waals surface area contributed by atoms with E-state index in [9.17, 15) is 4.79 Å². The third-order valence-electron chi connectivity index (χ3n) is 4.22. The number of pyridine rings is 1. The van der Waals surface area contributed by atoms with Crippen LogP contribution in [-0.2, 0) is 11.3 Å². The van der Waals surface area contributed by atoms with Gasteiger partial charge in [0.15, 0.2) is 0 Å². The molecular weight excluding hydrogens is 254 g/mol. The maximum Gasteiger partial charge on any atom is 0.308 e. The fraction of sp³-hybridized carbons (Fsp3) is 0.467. The number of rotatable bonds is 3. The van der Waals surface area contributed by atoms with Gasteiger partial charge in [-0.25, -0.2) is 4.98 Å². The van der Waals surface area contributed by atoms with Crippen LogP contribution in [0.3, 0.4) is 0 Å². The molecule has 5 nitrogen and oxygen atoms in total. The number of nitrogens with zero attached hydrogens (tertiary/aromatic N) is 3. The summed E-state index contributed by atoms with van der Waals surface area (Å²) in [6.07, 6.45) is 4.81. The zero-order chi connectivity index (χ0) is 14.3. The van der Waals surface area contributed by atoms with E-state index in [1.807, 2.05) is 29.7 Å². The summed E-state index contributed by atoms with van der Waals surface area (Å²) in [6.45, 7) is 5.58. The Kier molecular flexibility index (Phi) is 3.22. The first kappa shape index (κ1) is 13.1. The van der Waals surface area contributed by atoms with E-state index in [-0.39, 0.29) is 12.0 Å². The maximum absolute atomic E-state index is 11.1. The highest BCUT2D eigenvalue weighted by Crippen LogP contribution is 2.25. The topological polar surface area (TPSA) is 57.8 Å². The molecule has 0 aliphatic carbocycles. The molecule has 1 aliphatic heterocycles. The highest BCUT2D eigenvalue weighted by Gasteiger charge is 2.35. The van der Waals surface area contributed by atoms with E-state index < -0.39 is 5.97 Å². The van der Waals surface area contributed by atoms with E-state index in [2.05, 4.69) is 23.0 Å². The molecule has 2 atom stereocenters. The first-order chi connectivity index (χ1) is 9.54. The Hall–Kier alpha value is -1.88. The first-order valence-electron chi connectivity index (χ1n) is 6.95. The summed E-state index contributed by atoms with van der Waals surface area (Å²) in [4.78, 5) is 17.9. The molecule has 20 heavy (non-hydrogen) atoms. The van der Waals surface area contributed by atoms with Gasteiger partial charge >= 0.3 is 5.97 Å². The third-order valence-corrected chi connectivity index (χ3v) is 4.22. The molecule has 1 fully saturated rings. The van der Waals surface area contributed by atoms with Crippen molar-refractivity contribution in [3.63, 3.8) is 0 Å². The molecule has 5 heteroatoms. The van der Waals surface area contributed by atoms with Crippen LogP contribution in [-0.4, -0.2) is 37.9 Å². The lowest BCUT2D eigenvalue weighted by atomic mass is 10.0. The van der Waals surface area contributed by atoms with Gasteiger partial charge in [0.1, 0.15) is 5.65 Å². The van der Waals surface area contributed by atoms with Gasteiger partial charge in [0.25, 0.3) is 0 Å². The second-order valence-electron chi connectivity index (χ2n) is 5.65. The van der Waals surface area contributed by atoms with E-state index in [4.69, 9.17) is 5.11 Å². The Morgan fingerprint density at radius 2 is 2.25 bits per heavy atom. The summed E-state index contributed by atoms with van der Waals surface area (Å²) in [5.41, 5.74) is 3.13. The molecule has 0 spiro atoms. The first-order valence-corrected chi connectivity index (χ1v) is 6.95. The largest absolute Gasteiger partial charge is 0.481 e. The van der Waals surface area contributed by atoms with Crippen molar-refractivity contribution in [2.24, 2.45) is 5.92 Å². The average Bonchev–Trinajstić information content (AvgIpc) is 2.93. The molecule has 0 bridgehead atoms. The molecule has 106 valence electrons. The zero-order valence-corrected chi connectivity index (χ0v) is 11.8. The summed E-state index contributed by atoms with van der Waals surface area (Å²) in [7, 11) is 0. The van der Waals surface area contributed by atoms with Gasteiger partial charge in [-0.3, -0.25) is 9.69 Å². The molecule has 2 aromatic heterocycles. The minimum absolute atomic E-state index is 0.0686. The highest BCUT2D eigenvalue weighted by atomic mass is 16.4. The molecule has 1 aliphatic rings. The molecule has 2 aromatic rings. The van der Waals surface area contributed by atoms with Crippen molar-refractivity contribution in [1.29, 1.82) is 0 Å². The molecule has 3 rings (SSSR count). The summed E-state index contributed by atoms with van der Waals surface area (Å²) in [5, 5.41) is 9.17. The van der Waals surface area contributed by atoms with Crippen molar-refractivity contribution in [3.8, 4) is 0 Å². The summed E-state index contributed by atoms with van der Waals surface area (Å²) >= 11 is 0. The maximum atomic E-state index is 11.1.